The lowest BCUT2D eigenvalue weighted by molar-refractivity contribution is 0.0915. The number of Topliss-reactive ketones (excluding diaryl/α,β-unsaturated/α-hetero) is 1. The van der Waals surface area contributed by atoms with Gasteiger partial charge < -0.3 is 4.74 Å². The molecule has 1 heterocycles. The number of halogens is 2. The first-order valence-corrected chi connectivity index (χ1v) is 7.01. The second kappa shape index (κ2) is 5.43. The van der Waals surface area contributed by atoms with E-state index < -0.39 is 0 Å². The van der Waals surface area contributed by atoms with Crippen LogP contribution in [0.4, 0.5) is 0 Å². The third kappa shape index (κ3) is 2.65. The third-order valence-electron chi connectivity index (χ3n) is 3.22. The predicted molar refractivity (Wildman–Crippen MR) is 77.6 cm³/mol. The molecule has 2 aromatic rings. The van der Waals surface area contributed by atoms with E-state index in [1.54, 1.807) is 36.4 Å². The second-order valence-corrected chi connectivity index (χ2v) is 5.41. The Hall–Kier alpha value is -1.58. The van der Waals surface area contributed by atoms with Crippen LogP contribution in [0, 0.1) is 0 Å². The lowest BCUT2D eigenvalue weighted by Crippen LogP contribution is -2.21. The van der Waals surface area contributed by atoms with Crippen molar-refractivity contribution in [2.75, 3.05) is 0 Å². The minimum atomic E-state index is -0.262. The molecule has 3 nitrogen and oxygen atoms in total. The van der Waals surface area contributed by atoms with Crippen LogP contribution >= 0.6 is 23.2 Å². The number of carbonyl (C=O) groups is 1. The molecule has 0 bridgehead atoms. The molecule has 0 fully saturated rings. The molecule has 3 rings (SSSR count). The van der Waals surface area contributed by atoms with Gasteiger partial charge in [0.25, 0.3) is 0 Å². The molecule has 1 aliphatic carbocycles. The van der Waals surface area contributed by atoms with Crippen molar-refractivity contribution in [3.8, 4) is 5.75 Å². The maximum Gasteiger partial charge on any atom is 0.165 e. The molecule has 20 heavy (non-hydrogen) atoms. The zero-order valence-electron chi connectivity index (χ0n) is 10.5. The van der Waals surface area contributed by atoms with Gasteiger partial charge in [0.2, 0.25) is 0 Å². The summed E-state index contributed by atoms with van der Waals surface area (Å²) in [4.78, 5) is 16.1. The lowest BCUT2D eigenvalue weighted by Gasteiger charge is -2.24. The Kier molecular flexibility index (Phi) is 3.64. The first kappa shape index (κ1) is 13.4. The summed E-state index contributed by atoms with van der Waals surface area (Å²) in [6.45, 7) is 0. The van der Waals surface area contributed by atoms with Crippen molar-refractivity contribution in [2.45, 2.75) is 18.9 Å². The summed E-state index contributed by atoms with van der Waals surface area (Å²) in [5.74, 6) is 0.779. The Morgan fingerprint density at radius 2 is 1.85 bits per heavy atom. The van der Waals surface area contributed by atoms with E-state index in [1.807, 2.05) is 0 Å². The molecule has 102 valence electrons. The summed E-state index contributed by atoms with van der Waals surface area (Å²) in [6, 6.07) is 10.5. The van der Waals surface area contributed by atoms with Crippen molar-refractivity contribution in [3.05, 3.63) is 57.8 Å². The largest absolute Gasteiger partial charge is 0.484 e. The van der Waals surface area contributed by atoms with Gasteiger partial charge in [-0.05, 0) is 42.8 Å². The molecular formula is C15H11Cl2NO2. The maximum atomic E-state index is 11.9. The molecule has 1 atom stereocenters. The number of benzene rings is 1. The van der Waals surface area contributed by atoms with Gasteiger partial charge in [0, 0.05) is 17.0 Å². The van der Waals surface area contributed by atoms with Crippen LogP contribution in [0.3, 0.4) is 0 Å². The number of pyridine rings is 1. The van der Waals surface area contributed by atoms with Crippen molar-refractivity contribution in [1.29, 1.82) is 0 Å². The average Bonchev–Trinajstić information content (AvgIpc) is 2.44. The quantitative estimate of drug-likeness (QED) is 0.768. The number of nitrogens with zero attached hydrogens (tertiary/aromatic N) is 1. The predicted octanol–water partition coefficient (Wildman–Crippen LogP) is 4.49. The smallest absolute Gasteiger partial charge is 0.165 e. The number of ether oxygens (including phenoxy) is 1. The fraction of sp³-hybridized carbons (Fsp3) is 0.200. The van der Waals surface area contributed by atoms with Gasteiger partial charge in [-0.15, -0.1) is 0 Å². The summed E-state index contributed by atoms with van der Waals surface area (Å²) in [5, 5.41) is 1.01. The Labute approximate surface area is 126 Å². The number of hydrogen-bond donors (Lipinski definition) is 0. The Balaban J connectivity index is 1.92. The summed E-state index contributed by atoms with van der Waals surface area (Å²) < 4.78 is 5.91. The topological polar surface area (TPSA) is 39.2 Å². The van der Waals surface area contributed by atoms with E-state index in [9.17, 15) is 4.79 Å². The van der Waals surface area contributed by atoms with Crippen LogP contribution in [0.1, 0.15) is 35.0 Å². The Morgan fingerprint density at radius 1 is 1.10 bits per heavy atom. The van der Waals surface area contributed by atoms with Gasteiger partial charge in [-0.25, -0.2) is 4.98 Å². The molecular weight excluding hydrogens is 297 g/mol. The molecule has 0 N–H and O–H groups in total. The van der Waals surface area contributed by atoms with Crippen molar-refractivity contribution in [1.82, 2.24) is 4.98 Å². The van der Waals surface area contributed by atoms with Crippen molar-refractivity contribution < 1.29 is 9.53 Å². The van der Waals surface area contributed by atoms with E-state index in [4.69, 9.17) is 27.9 Å². The van der Waals surface area contributed by atoms with Gasteiger partial charge in [0.1, 0.15) is 17.0 Å². The highest BCUT2D eigenvalue weighted by Crippen LogP contribution is 2.33. The lowest BCUT2D eigenvalue weighted by atomic mass is 9.92. The molecule has 5 heteroatoms. The first-order chi connectivity index (χ1) is 9.63. The van der Waals surface area contributed by atoms with E-state index in [0.717, 1.165) is 0 Å². The van der Waals surface area contributed by atoms with Crippen LogP contribution in [0.25, 0.3) is 0 Å². The fourth-order valence-electron chi connectivity index (χ4n) is 2.26. The standard InChI is InChI=1S/C15H11Cl2NO2/c16-9-1-3-10(4-2-9)20-13-7-6-12(19)11-5-8-14(17)18-15(11)13/h1-5,8,13H,6-7H2. The average molecular weight is 308 g/mol. The second-order valence-electron chi connectivity index (χ2n) is 4.59. The van der Waals surface area contributed by atoms with Crippen LogP contribution in [0.2, 0.25) is 10.2 Å². The van der Waals surface area contributed by atoms with E-state index in [-0.39, 0.29) is 11.9 Å². The molecule has 0 saturated carbocycles. The van der Waals surface area contributed by atoms with Gasteiger partial charge in [-0.2, -0.15) is 0 Å². The highest BCUT2D eigenvalue weighted by atomic mass is 35.5. The number of fused-ring (bicyclic) bond motifs is 1. The third-order valence-corrected chi connectivity index (χ3v) is 3.68. The molecule has 0 radical (unpaired) electrons. The molecule has 1 aromatic carbocycles. The number of ketones is 1. The summed E-state index contributed by atoms with van der Waals surface area (Å²) in [6.07, 6.45) is 0.790. The number of carbonyl (C=O) groups excluding carboxylic acids is 1. The Bertz CT molecular complexity index is 655. The van der Waals surface area contributed by atoms with E-state index in [2.05, 4.69) is 4.98 Å². The van der Waals surface area contributed by atoms with E-state index in [1.165, 1.54) is 0 Å². The highest BCUT2D eigenvalue weighted by molar-refractivity contribution is 6.30. The van der Waals surface area contributed by atoms with Gasteiger partial charge in [0.15, 0.2) is 5.78 Å². The first-order valence-electron chi connectivity index (χ1n) is 6.25. The van der Waals surface area contributed by atoms with Crippen molar-refractivity contribution in [2.24, 2.45) is 0 Å². The number of aromatic nitrogens is 1. The van der Waals surface area contributed by atoms with Crippen LogP contribution in [-0.4, -0.2) is 10.8 Å². The monoisotopic (exact) mass is 307 g/mol. The minimum absolute atomic E-state index is 0.0834. The van der Waals surface area contributed by atoms with Crippen LogP contribution < -0.4 is 4.74 Å². The summed E-state index contributed by atoms with van der Waals surface area (Å²) >= 11 is 11.8. The summed E-state index contributed by atoms with van der Waals surface area (Å²) in [5.41, 5.74) is 1.21. The molecule has 0 aliphatic heterocycles. The van der Waals surface area contributed by atoms with E-state index in [0.29, 0.717) is 40.0 Å². The molecule has 1 unspecified atom stereocenters. The Morgan fingerprint density at radius 3 is 2.60 bits per heavy atom. The SMILES string of the molecule is O=C1CCC(Oc2ccc(Cl)cc2)c2nc(Cl)ccc21. The normalized spacial score (nSPS) is 17.7. The molecule has 0 amide bonds. The van der Waals surface area contributed by atoms with Gasteiger partial charge in [-0.3, -0.25) is 4.79 Å². The highest BCUT2D eigenvalue weighted by Gasteiger charge is 2.28. The molecule has 0 spiro atoms. The van der Waals surface area contributed by atoms with Crippen molar-refractivity contribution >= 4 is 29.0 Å². The molecule has 1 aromatic heterocycles. The minimum Gasteiger partial charge on any atom is -0.484 e. The molecule has 0 saturated heterocycles. The zero-order chi connectivity index (χ0) is 14.1. The van der Waals surface area contributed by atoms with Gasteiger partial charge in [-0.1, -0.05) is 23.2 Å². The van der Waals surface area contributed by atoms with Crippen LogP contribution in [0.15, 0.2) is 36.4 Å². The van der Waals surface area contributed by atoms with Crippen LogP contribution in [-0.2, 0) is 0 Å². The fourth-order valence-corrected chi connectivity index (χ4v) is 2.54. The number of hydrogen-bond acceptors (Lipinski definition) is 3. The van der Waals surface area contributed by atoms with Gasteiger partial charge in [0.05, 0.1) is 5.69 Å². The molecule has 1 aliphatic rings. The maximum absolute atomic E-state index is 11.9. The van der Waals surface area contributed by atoms with E-state index >= 15 is 0 Å². The zero-order valence-corrected chi connectivity index (χ0v) is 12.0. The van der Waals surface area contributed by atoms with Crippen molar-refractivity contribution in [3.63, 3.8) is 0 Å². The van der Waals surface area contributed by atoms with Gasteiger partial charge >= 0.3 is 0 Å². The van der Waals surface area contributed by atoms with Crippen LogP contribution in [0.5, 0.6) is 5.75 Å². The summed E-state index contributed by atoms with van der Waals surface area (Å²) in [7, 11) is 0. The number of rotatable bonds is 2.